The van der Waals surface area contributed by atoms with E-state index in [0.29, 0.717) is 39.9 Å². The van der Waals surface area contributed by atoms with E-state index in [4.69, 9.17) is 10.5 Å². The molecule has 0 bridgehead atoms. The molecule has 2 aromatic heterocycles. The SMILES string of the molecule is COC1CN(C(=O)c2cccc(Nc3sc(-c4ccc(C(C)CO)cc4F)cc3C(N)=O)n2)C1. The highest BCUT2D eigenvalue weighted by Gasteiger charge is 2.31. The first-order chi connectivity index (χ1) is 16.3. The molecule has 1 saturated heterocycles. The summed E-state index contributed by atoms with van der Waals surface area (Å²) in [6, 6.07) is 11.3. The molecule has 1 aromatic carbocycles. The molecular weight excluding hydrogens is 459 g/mol. The molecule has 3 heterocycles. The van der Waals surface area contributed by atoms with Crippen molar-refractivity contribution in [3.63, 3.8) is 0 Å². The van der Waals surface area contributed by atoms with Crippen molar-refractivity contribution in [2.75, 3.05) is 32.1 Å². The standard InChI is InChI=1S/C24H25FN4O4S/c1-13(12-30)14-6-7-16(18(25)8-14)20-9-17(22(26)31)23(34-20)28-21-5-3-4-19(27-21)24(32)29-10-15(11-29)33-2/h3-9,13,15,30H,10-12H2,1-2H3,(H2,26,31)(H,27,28). The van der Waals surface area contributed by atoms with E-state index < -0.39 is 11.7 Å². The zero-order valence-corrected chi connectivity index (χ0v) is 19.6. The molecule has 1 fully saturated rings. The summed E-state index contributed by atoms with van der Waals surface area (Å²) in [7, 11) is 1.61. The van der Waals surface area contributed by atoms with E-state index in [1.165, 1.54) is 12.1 Å². The number of pyridine rings is 1. The third kappa shape index (κ3) is 4.79. The van der Waals surface area contributed by atoms with Gasteiger partial charge in [0.1, 0.15) is 22.3 Å². The average molecular weight is 485 g/mol. The van der Waals surface area contributed by atoms with Crippen LogP contribution < -0.4 is 11.1 Å². The Hall–Kier alpha value is -3.34. The lowest BCUT2D eigenvalue weighted by Gasteiger charge is -2.37. The monoisotopic (exact) mass is 484 g/mol. The highest BCUT2D eigenvalue weighted by molar-refractivity contribution is 7.19. The molecule has 2 amide bonds. The Balaban J connectivity index is 1.59. The van der Waals surface area contributed by atoms with Gasteiger partial charge >= 0.3 is 0 Å². The van der Waals surface area contributed by atoms with Crippen LogP contribution in [0.3, 0.4) is 0 Å². The van der Waals surface area contributed by atoms with Crippen molar-refractivity contribution in [1.29, 1.82) is 0 Å². The summed E-state index contributed by atoms with van der Waals surface area (Å²) in [5, 5.41) is 12.8. The van der Waals surface area contributed by atoms with Crippen LogP contribution in [-0.2, 0) is 4.74 Å². The molecular formula is C24H25FN4O4S. The number of aliphatic hydroxyl groups is 1. The number of ether oxygens (including phenoxy) is 1. The number of thiophene rings is 1. The third-order valence-corrected chi connectivity index (χ3v) is 6.86. The van der Waals surface area contributed by atoms with Crippen LogP contribution in [0.2, 0.25) is 0 Å². The van der Waals surface area contributed by atoms with Gasteiger partial charge in [-0.3, -0.25) is 9.59 Å². The summed E-state index contributed by atoms with van der Waals surface area (Å²) in [6.07, 6.45) is 0.0363. The van der Waals surface area contributed by atoms with Crippen LogP contribution in [0.15, 0.2) is 42.5 Å². The number of aliphatic hydroxyl groups excluding tert-OH is 1. The lowest BCUT2D eigenvalue weighted by Crippen LogP contribution is -2.54. The summed E-state index contributed by atoms with van der Waals surface area (Å²) >= 11 is 1.16. The molecule has 34 heavy (non-hydrogen) atoms. The maximum atomic E-state index is 14.8. The third-order valence-electron chi connectivity index (χ3n) is 5.78. The number of anilines is 2. The summed E-state index contributed by atoms with van der Waals surface area (Å²) in [4.78, 5) is 31.2. The molecule has 8 nitrogen and oxygen atoms in total. The van der Waals surface area contributed by atoms with Gasteiger partial charge in [0.25, 0.3) is 11.8 Å². The van der Waals surface area contributed by atoms with Crippen molar-refractivity contribution in [3.8, 4) is 10.4 Å². The Labute approximate surface area is 200 Å². The normalized spacial score (nSPS) is 14.5. The molecule has 3 aromatic rings. The number of nitrogens with one attached hydrogen (secondary N) is 1. The minimum absolute atomic E-state index is 0.0363. The molecule has 1 unspecified atom stereocenters. The zero-order chi connectivity index (χ0) is 24.4. The maximum absolute atomic E-state index is 14.8. The van der Waals surface area contributed by atoms with Gasteiger partial charge in [0, 0.05) is 43.2 Å². The Bertz CT molecular complexity index is 1230. The van der Waals surface area contributed by atoms with Gasteiger partial charge in [-0.05, 0) is 29.8 Å². The summed E-state index contributed by atoms with van der Waals surface area (Å²) in [5.74, 6) is -1.18. The second-order valence-electron chi connectivity index (χ2n) is 8.14. The van der Waals surface area contributed by atoms with Crippen molar-refractivity contribution in [2.45, 2.75) is 18.9 Å². The van der Waals surface area contributed by atoms with E-state index in [0.717, 1.165) is 11.3 Å². The smallest absolute Gasteiger partial charge is 0.272 e. The molecule has 0 aliphatic carbocycles. The largest absolute Gasteiger partial charge is 0.396 e. The minimum atomic E-state index is -0.672. The van der Waals surface area contributed by atoms with E-state index in [1.54, 1.807) is 49.3 Å². The lowest BCUT2D eigenvalue weighted by molar-refractivity contribution is -0.0194. The maximum Gasteiger partial charge on any atom is 0.272 e. The van der Waals surface area contributed by atoms with Crippen LogP contribution in [-0.4, -0.2) is 59.7 Å². The van der Waals surface area contributed by atoms with E-state index in [2.05, 4.69) is 10.3 Å². The first-order valence-corrected chi connectivity index (χ1v) is 11.5. The van der Waals surface area contributed by atoms with Crippen molar-refractivity contribution >= 4 is 34.0 Å². The molecule has 178 valence electrons. The molecule has 0 spiro atoms. The first kappa shape index (κ1) is 23.8. The second kappa shape index (κ2) is 9.88. The van der Waals surface area contributed by atoms with Crippen LogP contribution in [0, 0.1) is 5.82 Å². The molecule has 4 rings (SSSR count). The first-order valence-electron chi connectivity index (χ1n) is 10.7. The van der Waals surface area contributed by atoms with Crippen LogP contribution in [0.5, 0.6) is 0 Å². The molecule has 4 N–H and O–H groups in total. The van der Waals surface area contributed by atoms with Gasteiger partial charge in [-0.25, -0.2) is 9.37 Å². The minimum Gasteiger partial charge on any atom is -0.396 e. The number of methoxy groups -OCH3 is 1. The fourth-order valence-electron chi connectivity index (χ4n) is 3.60. The zero-order valence-electron chi connectivity index (χ0n) is 18.7. The van der Waals surface area contributed by atoms with Gasteiger partial charge in [0.15, 0.2) is 0 Å². The van der Waals surface area contributed by atoms with Crippen LogP contribution >= 0.6 is 11.3 Å². The van der Waals surface area contributed by atoms with Gasteiger partial charge in [-0.2, -0.15) is 0 Å². The van der Waals surface area contributed by atoms with E-state index in [-0.39, 0.29) is 35.8 Å². The number of nitrogens with zero attached hydrogens (tertiary/aromatic N) is 2. The van der Waals surface area contributed by atoms with E-state index >= 15 is 0 Å². The van der Waals surface area contributed by atoms with Crippen LogP contribution in [0.1, 0.15) is 39.3 Å². The average Bonchev–Trinajstić information content (AvgIpc) is 3.21. The number of hydrogen-bond acceptors (Lipinski definition) is 7. The number of halogens is 1. The van der Waals surface area contributed by atoms with Crippen molar-refractivity contribution < 1.29 is 23.8 Å². The molecule has 1 aliphatic rings. The Kier molecular flexibility index (Phi) is 6.92. The van der Waals surface area contributed by atoms with Crippen LogP contribution in [0.25, 0.3) is 10.4 Å². The second-order valence-corrected chi connectivity index (χ2v) is 9.19. The number of benzene rings is 1. The Morgan fingerprint density at radius 1 is 1.32 bits per heavy atom. The number of nitrogens with two attached hydrogens (primary N) is 1. The van der Waals surface area contributed by atoms with E-state index in [9.17, 15) is 19.1 Å². The number of rotatable bonds is 8. The van der Waals surface area contributed by atoms with Gasteiger partial charge in [-0.1, -0.05) is 25.1 Å². The summed E-state index contributed by atoms with van der Waals surface area (Å²) < 4.78 is 20.0. The van der Waals surface area contributed by atoms with Gasteiger partial charge in [0.05, 0.1) is 11.7 Å². The van der Waals surface area contributed by atoms with Crippen molar-refractivity contribution in [1.82, 2.24) is 9.88 Å². The van der Waals surface area contributed by atoms with E-state index in [1.807, 2.05) is 0 Å². The predicted molar refractivity (Wildman–Crippen MR) is 128 cm³/mol. The number of aromatic nitrogens is 1. The number of hydrogen-bond donors (Lipinski definition) is 3. The van der Waals surface area contributed by atoms with Crippen molar-refractivity contribution in [3.05, 3.63) is 65.1 Å². The number of amides is 2. The highest BCUT2D eigenvalue weighted by atomic mass is 32.1. The van der Waals surface area contributed by atoms with Gasteiger partial charge in [0.2, 0.25) is 0 Å². The highest BCUT2D eigenvalue weighted by Crippen LogP contribution is 2.38. The quantitative estimate of drug-likeness (QED) is 0.451. The lowest BCUT2D eigenvalue weighted by atomic mass is 9.99. The number of likely N-dealkylation sites (tertiary alicyclic amines) is 1. The Morgan fingerprint density at radius 3 is 2.74 bits per heavy atom. The molecule has 0 radical (unpaired) electrons. The van der Waals surface area contributed by atoms with Gasteiger partial charge in [-0.15, -0.1) is 11.3 Å². The van der Waals surface area contributed by atoms with Gasteiger partial charge < -0.3 is 25.8 Å². The summed E-state index contributed by atoms with van der Waals surface area (Å²) in [6.45, 7) is 2.74. The predicted octanol–water partition coefficient (Wildman–Crippen LogP) is 3.36. The van der Waals surface area contributed by atoms with Crippen molar-refractivity contribution in [2.24, 2.45) is 5.73 Å². The summed E-state index contributed by atoms with van der Waals surface area (Å²) in [5.41, 5.74) is 7.01. The number of primary amides is 1. The number of carbonyl (C=O) groups is 2. The molecule has 10 heteroatoms. The Morgan fingerprint density at radius 2 is 2.09 bits per heavy atom. The molecule has 1 atom stereocenters. The molecule has 0 saturated carbocycles. The number of carbonyl (C=O) groups excluding carboxylic acids is 2. The fraction of sp³-hybridized carbons (Fsp3) is 0.292. The fourth-order valence-corrected chi connectivity index (χ4v) is 4.69. The van der Waals surface area contributed by atoms with Crippen LogP contribution in [0.4, 0.5) is 15.2 Å². The molecule has 1 aliphatic heterocycles. The topological polar surface area (TPSA) is 118 Å².